The molecule has 0 atom stereocenters. The number of aromatic nitrogens is 2. The molecule has 0 aliphatic heterocycles. The lowest BCUT2D eigenvalue weighted by molar-refractivity contribution is -0.126. The van der Waals surface area contributed by atoms with Gasteiger partial charge in [-0.05, 0) is 17.7 Å². The molecule has 0 unspecified atom stereocenters. The Morgan fingerprint density at radius 3 is 2.46 bits per heavy atom. The summed E-state index contributed by atoms with van der Waals surface area (Å²) in [6.45, 7) is 0.905. The Bertz CT molecular complexity index is 770. The van der Waals surface area contributed by atoms with Gasteiger partial charge in [-0.1, -0.05) is 48.5 Å². The van der Waals surface area contributed by atoms with Gasteiger partial charge in [0.1, 0.15) is 6.61 Å². The second-order valence-corrected chi connectivity index (χ2v) is 5.38. The topological polar surface area (TPSA) is 56.1 Å². The molecule has 0 radical (unpaired) electrons. The standard InChI is InChI=1S/C19H19N3O2/c23-19(15-24-14-16-7-3-1-4-8-16)20-11-17-12-21-22(13-17)18-9-5-2-6-10-18/h1-10,12-13H,11,14-15H2,(H,20,23). The van der Waals surface area contributed by atoms with Crippen molar-refractivity contribution in [2.75, 3.05) is 6.61 Å². The second-order valence-electron chi connectivity index (χ2n) is 5.38. The fraction of sp³-hybridized carbons (Fsp3) is 0.158. The lowest BCUT2D eigenvalue weighted by Gasteiger charge is -2.05. The van der Waals surface area contributed by atoms with Crippen LogP contribution in [0.15, 0.2) is 73.1 Å². The molecule has 122 valence electrons. The average Bonchev–Trinajstić information content (AvgIpc) is 3.11. The van der Waals surface area contributed by atoms with Gasteiger partial charge in [0.05, 0.1) is 18.5 Å². The maximum atomic E-state index is 11.8. The van der Waals surface area contributed by atoms with Crippen LogP contribution in [0.4, 0.5) is 0 Å². The van der Waals surface area contributed by atoms with E-state index in [-0.39, 0.29) is 12.5 Å². The number of amides is 1. The zero-order valence-corrected chi connectivity index (χ0v) is 13.3. The first kappa shape index (κ1) is 16.0. The number of para-hydroxylation sites is 1. The van der Waals surface area contributed by atoms with Gasteiger partial charge in [-0.25, -0.2) is 4.68 Å². The van der Waals surface area contributed by atoms with E-state index in [1.165, 1.54) is 0 Å². The fourth-order valence-electron chi connectivity index (χ4n) is 2.26. The summed E-state index contributed by atoms with van der Waals surface area (Å²) in [6, 6.07) is 19.6. The number of carbonyl (C=O) groups is 1. The third-order valence-corrected chi connectivity index (χ3v) is 3.49. The molecule has 1 heterocycles. The van der Waals surface area contributed by atoms with Crippen molar-refractivity contribution in [2.24, 2.45) is 0 Å². The average molecular weight is 321 g/mol. The summed E-state index contributed by atoms with van der Waals surface area (Å²) >= 11 is 0. The van der Waals surface area contributed by atoms with Crippen LogP contribution in [0.25, 0.3) is 5.69 Å². The van der Waals surface area contributed by atoms with Crippen molar-refractivity contribution in [2.45, 2.75) is 13.2 Å². The number of nitrogens with zero attached hydrogens (tertiary/aromatic N) is 2. The fourth-order valence-corrected chi connectivity index (χ4v) is 2.26. The summed E-state index contributed by atoms with van der Waals surface area (Å²) in [5, 5.41) is 7.13. The molecule has 0 saturated heterocycles. The molecule has 0 aliphatic carbocycles. The number of carbonyl (C=O) groups excluding carboxylic acids is 1. The first-order valence-electron chi connectivity index (χ1n) is 7.78. The molecule has 1 N–H and O–H groups in total. The summed E-state index contributed by atoms with van der Waals surface area (Å²) in [4.78, 5) is 11.8. The molecule has 5 nitrogen and oxygen atoms in total. The van der Waals surface area contributed by atoms with E-state index in [1.807, 2.05) is 66.9 Å². The predicted molar refractivity (Wildman–Crippen MR) is 91.5 cm³/mol. The zero-order chi connectivity index (χ0) is 16.6. The van der Waals surface area contributed by atoms with Gasteiger partial charge >= 0.3 is 0 Å². The van der Waals surface area contributed by atoms with E-state index in [2.05, 4.69) is 10.4 Å². The van der Waals surface area contributed by atoms with Crippen LogP contribution in [0.1, 0.15) is 11.1 Å². The maximum absolute atomic E-state index is 11.8. The van der Waals surface area contributed by atoms with Crippen molar-refractivity contribution < 1.29 is 9.53 Å². The second kappa shape index (κ2) is 8.08. The molecule has 3 rings (SSSR count). The van der Waals surface area contributed by atoms with Crippen molar-refractivity contribution in [1.82, 2.24) is 15.1 Å². The number of hydrogen-bond acceptors (Lipinski definition) is 3. The summed E-state index contributed by atoms with van der Waals surface area (Å²) in [7, 11) is 0. The summed E-state index contributed by atoms with van der Waals surface area (Å²) < 4.78 is 7.20. The Hall–Kier alpha value is -2.92. The van der Waals surface area contributed by atoms with Crippen LogP contribution < -0.4 is 5.32 Å². The SMILES string of the molecule is O=C(COCc1ccccc1)NCc1cnn(-c2ccccc2)c1. The molecular formula is C19H19N3O2. The van der Waals surface area contributed by atoms with E-state index in [4.69, 9.17) is 4.74 Å². The van der Waals surface area contributed by atoms with Gasteiger partial charge in [-0.15, -0.1) is 0 Å². The van der Waals surface area contributed by atoms with Gasteiger partial charge in [0, 0.05) is 18.3 Å². The van der Waals surface area contributed by atoms with E-state index in [0.717, 1.165) is 16.8 Å². The van der Waals surface area contributed by atoms with Crippen LogP contribution in [0.3, 0.4) is 0 Å². The molecule has 0 bridgehead atoms. The normalized spacial score (nSPS) is 10.5. The lowest BCUT2D eigenvalue weighted by Crippen LogP contribution is -2.26. The molecular weight excluding hydrogens is 302 g/mol. The van der Waals surface area contributed by atoms with Crippen molar-refractivity contribution in [3.63, 3.8) is 0 Å². The highest BCUT2D eigenvalue weighted by molar-refractivity contribution is 5.77. The third kappa shape index (κ3) is 4.54. The zero-order valence-electron chi connectivity index (χ0n) is 13.3. The predicted octanol–water partition coefficient (Wildman–Crippen LogP) is 2.71. The highest BCUT2D eigenvalue weighted by Crippen LogP contribution is 2.07. The number of nitrogens with one attached hydrogen (secondary N) is 1. The van der Waals surface area contributed by atoms with Crippen molar-refractivity contribution in [1.29, 1.82) is 0 Å². The van der Waals surface area contributed by atoms with E-state index in [9.17, 15) is 4.79 Å². The first-order valence-corrected chi connectivity index (χ1v) is 7.78. The third-order valence-electron chi connectivity index (χ3n) is 3.49. The Morgan fingerprint density at radius 1 is 1.00 bits per heavy atom. The van der Waals surface area contributed by atoms with Crippen LogP contribution in [-0.2, 0) is 22.7 Å². The van der Waals surface area contributed by atoms with Crippen molar-refractivity contribution in [3.8, 4) is 5.69 Å². The highest BCUT2D eigenvalue weighted by atomic mass is 16.5. The van der Waals surface area contributed by atoms with E-state index in [0.29, 0.717) is 13.2 Å². The molecule has 3 aromatic rings. The summed E-state index contributed by atoms with van der Waals surface area (Å²) in [5.41, 5.74) is 2.98. The number of hydrogen-bond donors (Lipinski definition) is 1. The van der Waals surface area contributed by atoms with Gasteiger partial charge in [0.25, 0.3) is 0 Å². The van der Waals surface area contributed by atoms with Gasteiger partial charge < -0.3 is 10.1 Å². The minimum Gasteiger partial charge on any atom is -0.367 e. The van der Waals surface area contributed by atoms with Crippen LogP contribution in [0, 0.1) is 0 Å². The molecule has 0 fully saturated rings. The van der Waals surface area contributed by atoms with Gasteiger partial charge in [-0.2, -0.15) is 5.10 Å². The van der Waals surface area contributed by atoms with Crippen molar-refractivity contribution >= 4 is 5.91 Å². The Labute approximate surface area is 140 Å². The number of rotatable bonds is 7. The largest absolute Gasteiger partial charge is 0.367 e. The van der Waals surface area contributed by atoms with Gasteiger partial charge in [0.15, 0.2) is 0 Å². The van der Waals surface area contributed by atoms with Crippen LogP contribution in [0.2, 0.25) is 0 Å². The number of ether oxygens (including phenoxy) is 1. The van der Waals surface area contributed by atoms with Gasteiger partial charge in [-0.3, -0.25) is 4.79 Å². The number of benzene rings is 2. The van der Waals surface area contributed by atoms with E-state index in [1.54, 1.807) is 10.9 Å². The van der Waals surface area contributed by atoms with E-state index >= 15 is 0 Å². The molecule has 1 amide bonds. The molecule has 24 heavy (non-hydrogen) atoms. The summed E-state index contributed by atoms with van der Waals surface area (Å²) in [5.74, 6) is -0.140. The monoisotopic (exact) mass is 321 g/mol. The smallest absolute Gasteiger partial charge is 0.246 e. The molecule has 0 spiro atoms. The highest BCUT2D eigenvalue weighted by Gasteiger charge is 2.04. The summed E-state index contributed by atoms with van der Waals surface area (Å²) in [6.07, 6.45) is 3.65. The molecule has 2 aromatic carbocycles. The Kier molecular flexibility index (Phi) is 5.37. The quantitative estimate of drug-likeness (QED) is 0.728. The molecule has 0 saturated carbocycles. The maximum Gasteiger partial charge on any atom is 0.246 e. The van der Waals surface area contributed by atoms with Crippen molar-refractivity contribution in [3.05, 3.63) is 84.2 Å². The van der Waals surface area contributed by atoms with Gasteiger partial charge in [0.2, 0.25) is 5.91 Å². The first-order chi connectivity index (χ1) is 11.8. The Balaban J connectivity index is 1.42. The minimum absolute atomic E-state index is 0.0434. The molecule has 1 aromatic heterocycles. The molecule has 0 aliphatic rings. The van der Waals surface area contributed by atoms with E-state index < -0.39 is 0 Å². The van der Waals surface area contributed by atoms with Crippen LogP contribution in [0.5, 0.6) is 0 Å². The lowest BCUT2D eigenvalue weighted by atomic mass is 10.2. The minimum atomic E-state index is -0.140. The van der Waals surface area contributed by atoms with Crippen LogP contribution >= 0.6 is 0 Å². The van der Waals surface area contributed by atoms with Crippen LogP contribution in [-0.4, -0.2) is 22.3 Å². The Morgan fingerprint density at radius 2 is 1.71 bits per heavy atom. The molecule has 5 heteroatoms.